The molecule has 0 N–H and O–H groups in total. The van der Waals surface area contributed by atoms with E-state index in [1.165, 1.54) is 15.9 Å². The van der Waals surface area contributed by atoms with Crippen LogP contribution in [0.3, 0.4) is 0 Å². The summed E-state index contributed by atoms with van der Waals surface area (Å²) in [5, 5.41) is 2.25. The summed E-state index contributed by atoms with van der Waals surface area (Å²) in [4.78, 5) is 7.33. The predicted molar refractivity (Wildman–Crippen MR) is 49.0 cm³/mol. The van der Waals surface area contributed by atoms with Gasteiger partial charge in [-0.3, -0.25) is 4.57 Å². The van der Waals surface area contributed by atoms with Gasteiger partial charge in [0.2, 0.25) is 0 Å². The normalized spacial score (nSPS) is 12.0. The predicted octanol–water partition coefficient (Wildman–Crippen LogP) is 2.66. The molecule has 0 amide bonds. The van der Waals surface area contributed by atoms with Crippen LogP contribution in [-0.4, -0.2) is 14.5 Å². The van der Waals surface area contributed by atoms with Crippen LogP contribution in [0.2, 0.25) is 0 Å². The van der Waals surface area contributed by atoms with Crippen molar-refractivity contribution in [3.8, 4) is 5.13 Å². The molecule has 2 aromatic rings. The van der Waals surface area contributed by atoms with Crippen LogP contribution in [0.4, 0.5) is 13.2 Å². The summed E-state index contributed by atoms with van der Waals surface area (Å²) < 4.78 is 38.0. The lowest BCUT2D eigenvalue weighted by atomic mass is 10.5. The van der Waals surface area contributed by atoms with Crippen LogP contribution >= 0.6 is 11.3 Å². The van der Waals surface area contributed by atoms with E-state index in [4.69, 9.17) is 0 Å². The van der Waals surface area contributed by atoms with Gasteiger partial charge in [0.05, 0.1) is 5.69 Å². The Morgan fingerprint density at radius 3 is 2.60 bits per heavy atom. The summed E-state index contributed by atoms with van der Waals surface area (Å²) in [6.07, 6.45) is -2.36. The number of aromatic nitrogens is 3. The van der Waals surface area contributed by atoms with Gasteiger partial charge in [-0.1, -0.05) is 0 Å². The first-order valence-electron chi connectivity index (χ1n) is 4.00. The van der Waals surface area contributed by atoms with Crippen molar-refractivity contribution in [2.45, 2.75) is 13.1 Å². The fourth-order valence-corrected chi connectivity index (χ4v) is 1.78. The second kappa shape index (κ2) is 3.34. The lowest BCUT2D eigenvalue weighted by Crippen LogP contribution is -2.04. The van der Waals surface area contributed by atoms with E-state index in [1.54, 1.807) is 12.3 Å². The first-order valence-corrected chi connectivity index (χ1v) is 4.88. The summed E-state index contributed by atoms with van der Waals surface area (Å²) in [5.41, 5.74) is -0.132. The standard InChI is InChI=1S/C8H6F3N3S/c1-5-3-15-7(13-5)14-2-6(12-4-14)8(9,10)11/h2-4H,1H3. The van der Waals surface area contributed by atoms with Gasteiger partial charge in [-0.2, -0.15) is 13.2 Å². The topological polar surface area (TPSA) is 30.7 Å². The zero-order valence-electron chi connectivity index (χ0n) is 7.62. The maximum absolute atomic E-state index is 12.2. The molecule has 2 heterocycles. The van der Waals surface area contributed by atoms with Gasteiger partial charge in [0, 0.05) is 11.6 Å². The van der Waals surface area contributed by atoms with Gasteiger partial charge in [-0.25, -0.2) is 9.97 Å². The lowest BCUT2D eigenvalue weighted by Gasteiger charge is -1.99. The zero-order chi connectivity index (χ0) is 11.1. The number of hydrogen-bond acceptors (Lipinski definition) is 3. The molecule has 0 fully saturated rings. The highest BCUT2D eigenvalue weighted by atomic mass is 32.1. The molecule has 0 radical (unpaired) electrons. The van der Waals surface area contributed by atoms with Gasteiger partial charge in [0.1, 0.15) is 6.33 Å². The van der Waals surface area contributed by atoms with Crippen LogP contribution < -0.4 is 0 Å². The van der Waals surface area contributed by atoms with E-state index >= 15 is 0 Å². The van der Waals surface area contributed by atoms with Gasteiger partial charge in [-0.05, 0) is 6.92 Å². The molecule has 0 spiro atoms. The van der Waals surface area contributed by atoms with Crippen molar-refractivity contribution < 1.29 is 13.2 Å². The fourth-order valence-electron chi connectivity index (χ4n) is 1.03. The quantitative estimate of drug-likeness (QED) is 0.758. The summed E-state index contributed by atoms with van der Waals surface area (Å²) in [5.74, 6) is 0. The number of rotatable bonds is 1. The smallest absolute Gasteiger partial charge is 0.281 e. The van der Waals surface area contributed by atoms with E-state index in [9.17, 15) is 13.2 Å². The molecular weight excluding hydrogens is 227 g/mol. The van der Waals surface area contributed by atoms with E-state index in [0.29, 0.717) is 5.13 Å². The van der Waals surface area contributed by atoms with Gasteiger partial charge < -0.3 is 0 Å². The molecule has 0 saturated heterocycles. The van der Waals surface area contributed by atoms with E-state index in [1.807, 2.05) is 0 Å². The minimum Gasteiger partial charge on any atom is -0.281 e. The third kappa shape index (κ3) is 2.01. The molecule has 0 bridgehead atoms. The van der Waals surface area contributed by atoms with Crippen LogP contribution in [-0.2, 0) is 6.18 Å². The van der Waals surface area contributed by atoms with Crippen LogP contribution in [0.1, 0.15) is 11.4 Å². The molecule has 0 aliphatic heterocycles. The molecule has 3 nitrogen and oxygen atoms in total. The molecule has 2 rings (SSSR count). The third-order valence-electron chi connectivity index (χ3n) is 1.70. The molecule has 0 saturated carbocycles. The molecule has 7 heteroatoms. The average Bonchev–Trinajstić information content (AvgIpc) is 2.69. The fraction of sp³-hybridized carbons (Fsp3) is 0.250. The Bertz CT molecular complexity index is 471. The Balaban J connectivity index is 2.36. The number of imidazole rings is 1. The van der Waals surface area contributed by atoms with Crippen molar-refractivity contribution in [1.29, 1.82) is 0 Å². The van der Waals surface area contributed by atoms with E-state index in [2.05, 4.69) is 9.97 Å². The Hall–Kier alpha value is -1.37. The number of alkyl halides is 3. The second-order valence-corrected chi connectivity index (χ2v) is 3.77. The molecule has 0 atom stereocenters. The number of halogens is 3. The summed E-state index contributed by atoms with van der Waals surface area (Å²) in [6, 6.07) is 0. The summed E-state index contributed by atoms with van der Waals surface area (Å²) >= 11 is 1.27. The van der Waals surface area contributed by atoms with Crippen LogP contribution in [0.15, 0.2) is 17.9 Å². The van der Waals surface area contributed by atoms with Crippen molar-refractivity contribution in [3.05, 3.63) is 29.3 Å². The van der Waals surface area contributed by atoms with Gasteiger partial charge in [0.15, 0.2) is 10.8 Å². The summed E-state index contributed by atoms with van der Waals surface area (Å²) in [6.45, 7) is 1.78. The second-order valence-electron chi connectivity index (χ2n) is 2.94. The highest BCUT2D eigenvalue weighted by Crippen LogP contribution is 2.28. The molecule has 2 aromatic heterocycles. The first-order chi connectivity index (χ1) is 6.97. The van der Waals surface area contributed by atoms with Gasteiger partial charge in [-0.15, -0.1) is 11.3 Å². The highest BCUT2D eigenvalue weighted by Gasteiger charge is 2.33. The average molecular weight is 233 g/mol. The van der Waals surface area contributed by atoms with E-state index in [0.717, 1.165) is 18.2 Å². The van der Waals surface area contributed by atoms with Crippen molar-refractivity contribution in [1.82, 2.24) is 14.5 Å². The van der Waals surface area contributed by atoms with Crippen molar-refractivity contribution >= 4 is 11.3 Å². The maximum Gasteiger partial charge on any atom is 0.434 e. The minimum absolute atomic E-state index is 0.482. The number of nitrogens with zero attached hydrogens (tertiary/aromatic N) is 3. The van der Waals surface area contributed by atoms with Gasteiger partial charge in [0.25, 0.3) is 0 Å². The Kier molecular flexibility index (Phi) is 2.26. The number of thiazole rings is 1. The maximum atomic E-state index is 12.2. The van der Waals surface area contributed by atoms with Crippen LogP contribution in [0.5, 0.6) is 0 Å². The first kappa shape index (κ1) is 10.2. The molecule has 0 aromatic carbocycles. The Morgan fingerprint density at radius 1 is 1.40 bits per heavy atom. The number of aryl methyl sites for hydroxylation is 1. The van der Waals surface area contributed by atoms with Crippen molar-refractivity contribution in [2.24, 2.45) is 0 Å². The molecule has 0 unspecified atom stereocenters. The highest BCUT2D eigenvalue weighted by molar-refractivity contribution is 7.12. The largest absolute Gasteiger partial charge is 0.434 e. The van der Waals surface area contributed by atoms with E-state index < -0.39 is 11.9 Å². The molecule has 80 valence electrons. The van der Waals surface area contributed by atoms with Crippen LogP contribution in [0, 0.1) is 6.92 Å². The van der Waals surface area contributed by atoms with Crippen molar-refractivity contribution in [3.63, 3.8) is 0 Å². The SMILES string of the molecule is Cc1csc(-n2cnc(C(F)(F)F)c2)n1. The minimum atomic E-state index is -4.41. The lowest BCUT2D eigenvalue weighted by molar-refractivity contribution is -0.140. The number of hydrogen-bond donors (Lipinski definition) is 0. The molecule has 0 aliphatic rings. The third-order valence-corrected chi connectivity index (χ3v) is 2.67. The molecular formula is C8H6F3N3S. The zero-order valence-corrected chi connectivity index (χ0v) is 8.43. The van der Waals surface area contributed by atoms with E-state index in [-0.39, 0.29) is 0 Å². The summed E-state index contributed by atoms with van der Waals surface area (Å²) in [7, 11) is 0. The molecule has 15 heavy (non-hydrogen) atoms. The Morgan fingerprint density at radius 2 is 2.13 bits per heavy atom. The van der Waals surface area contributed by atoms with Gasteiger partial charge >= 0.3 is 6.18 Å². The van der Waals surface area contributed by atoms with Crippen molar-refractivity contribution in [2.75, 3.05) is 0 Å². The Labute approximate surface area is 87.2 Å². The van der Waals surface area contributed by atoms with Crippen LogP contribution in [0.25, 0.3) is 5.13 Å². The monoisotopic (exact) mass is 233 g/mol. The molecule has 0 aliphatic carbocycles.